The van der Waals surface area contributed by atoms with E-state index in [1.54, 1.807) is 18.5 Å². The van der Waals surface area contributed by atoms with Gasteiger partial charge in [-0.1, -0.05) is 23.7 Å². The summed E-state index contributed by atoms with van der Waals surface area (Å²) in [4.78, 5) is 16.7. The van der Waals surface area contributed by atoms with Crippen LogP contribution >= 0.6 is 11.6 Å². The number of halogens is 1. The minimum Gasteiger partial charge on any atom is -0.439 e. The Bertz CT molecular complexity index is 1040. The Morgan fingerprint density at radius 3 is 2.38 bits per heavy atom. The van der Waals surface area contributed by atoms with Gasteiger partial charge >= 0.3 is 0 Å². The van der Waals surface area contributed by atoms with E-state index in [9.17, 15) is 8.42 Å². The number of benzene rings is 1. The fourth-order valence-corrected chi connectivity index (χ4v) is 3.24. The van der Waals surface area contributed by atoms with Crippen molar-refractivity contribution in [3.8, 4) is 11.6 Å². The van der Waals surface area contributed by atoms with Crippen molar-refractivity contribution >= 4 is 21.6 Å². The molecule has 3 aromatic rings. The SMILES string of the molecule is NS(=O)(=O)CCCc1ccc(Oc2cc(CCc3ncc(Cl)cn3)ncn2)cc1. The van der Waals surface area contributed by atoms with Crippen LogP contribution in [0.4, 0.5) is 0 Å². The van der Waals surface area contributed by atoms with Crippen molar-refractivity contribution < 1.29 is 13.2 Å². The Hall–Kier alpha value is -2.62. The summed E-state index contributed by atoms with van der Waals surface area (Å²) in [5, 5.41) is 5.51. The van der Waals surface area contributed by atoms with Crippen LogP contribution in [0.25, 0.3) is 0 Å². The Morgan fingerprint density at radius 2 is 1.69 bits per heavy atom. The quantitative estimate of drug-likeness (QED) is 0.550. The summed E-state index contributed by atoms with van der Waals surface area (Å²) in [5.41, 5.74) is 1.82. The molecule has 0 unspecified atom stereocenters. The predicted molar refractivity (Wildman–Crippen MR) is 109 cm³/mol. The van der Waals surface area contributed by atoms with Gasteiger partial charge in [0, 0.05) is 30.6 Å². The second kappa shape index (κ2) is 9.73. The van der Waals surface area contributed by atoms with Crippen LogP contribution in [0.15, 0.2) is 49.1 Å². The predicted octanol–water partition coefficient (Wildman–Crippen LogP) is 2.72. The molecule has 0 amide bonds. The van der Waals surface area contributed by atoms with E-state index in [-0.39, 0.29) is 5.75 Å². The maximum absolute atomic E-state index is 11.0. The molecular formula is C19H20ClN5O3S. The van der Waals surface area contributed by atoms with Gasteiger partial charge in [-0.05, 0) is 37.0 Å². The second-order valence-corrected chi connectivity index (χ2v) is 8.55. The number of primary sulfonamides is 1. The van der Waals surface area contributed by atoms with E-state index < -0.39 is 10.0 Å². The molecule has 8 nitrogen and oxygen atoms in total. The van der Waals surface area contributed by atoms with E-state index in [4.69, 9.17) is 21.5 Å². The standard InChI is InChI=1S/C19H20ClN5O3S/c20-15-11-22-18(23-12-15)8-5-16-10-19(25-13-24-16)28-17-6-3-14(4-7-17)2-1-9-29(21,26)27/h3-4,6-7,10-13H,1-2,5,8-9H2,(H2,21,26,27). The largest absolute Gasteiger partial charge is 0.439 e. The third kappa shape index (κ3) is 7.37. The highest BCUT2D eigenvalue weighted by atomic mass is 35.5. The van der Waals surface area contributed by atoms with Crippen molar-refractivity contribution in [3.05, 3.63) is 71.2 Å². The molecule has 0 atom stereocenters. The Balaban J connectivity index is 1.54. The zero-order valence-corrected chi connectivity index (χ0v) is 17.1. The maximum atomic E-state index is 11.0. The van der Waals surface area contributed by atoms with Crippen molar-refractivity contribution in [2.24, 2.45) is 5.14 Å². The normalized spacial score (nSPS) is 11.4. The van der Waals surface area contributed by atoms with Gasteiger partial charge in [0.2, 0.25) is 15.9 Å². The number of nitrogens with two attached hydrogens (primary N) is 1. The van der Waals surface area contributed by atoms with E-state index in [1.807, 2.05) is 24.3 Å². The molecule has 0 aliphatic carbocycles. The van der Waals surface area contributed by atoms with Gasteiger partial charge in [0.25, 0.3) is 0 Å². The number of hydrogen-bond acceptors (Lipinski definition) is 7. The van der Waals surface area contributed by atoms with E-state index in [0.29, 0.717) is 48.2 Å². The number of nitrogens with zero attached hydrogens (tertiary/aromatic N) is 4. The van der Waals surface area contributed by atoms with Crippen LogP contribution in [0, 0.1) is 0 Å². The van der Waals surface area contributed by atoms with Crippen LogP contribution < -0.4 is 9.88 Å². The fourth-order valence-electron chi connectivity index (χ4n) is 2.60. The maximum Gasteiger partial charge on any atom is 0.222 e. The zero-order chi connectivity index (χ0) is 20.7. The summed E-state index contributed by atoms with van der Waals surface area (Å²) >= 11 is 5.79. The average Bonchev–Trinajstić information content (AvgIpc) is 2.68. The zero-order valence-electron chi connectivity index (χ0n) is 15.5. The summed E-state index contributed by atoms with van der Waals surface area (Å²) in [5.74, 6) is 1.73. The molecule has 2 heterocycles. The molecule has 0 saturated heterocycles. The molecule has 0 aliphatic rings. The van der Waals surface area contributed by atoms with Crippen molar-refractivity contribution in [2.75, 3.05) is 5.75 Å². The summed E-state index contributed by atoms with van der Waals surface area (Å²) in [6, 6.07) is 9.18. The van der Waals surface area contributed by atoms with Crippen LogP contribution in [0.2, 0.25) is 5.02 Å². The molecule has 0 radical (unpaired) electrons. The van der Waals surface area contributed by atoms with Crippen LogP contribution in [0.3, 0.4) is 0 Å². The first kappa shape index (κ1) is 21.1. The number of hydrogen-bond donors (Lipinski definition) is 1. The van der Waals surface area contributed by atoms with Gasteiger partial charge in [-0.15, -0.1) is 0 Å². The number of ether oxygens (including phenoxy) is 1. The summed E-state index contributed by atoms with van der Waals surface area (Å²) in [6.07, 6.45) is 6.96. The summed E-state index contributed by atoms with van der Waals surface area (Å²) in [6.45, 7) is 0. The number of rotatable bonds is 9. The number of aromatic nitrogens is 4. The topological polar surface area (TPSA) is 121 Å². The molecule has 2 N–H and O–H groups in total. The van der Waals surface area contributed by atoms with Crippen LogP contribution in [-0.4, -0.2) is 34.1 Å². The smallest absolute Gasteiger partial charge is 0.222 e. The van der Waals surface area contributed by atoms with Crippen molar-refractivity contribution in [2.45, 2.75) is 25.7 Å². The van der Waals surface area contributed by atoms with Gasteiger partial charge in [-0.2, -0.15) is 0 Å². The molecule has 10 heteroatoms. The lowest BCUT2D eigenvalue weighted by molar-refractivity contribution is 0.460. The lowest BCUT2D eigenvalue weighted by Crippen LogP contribution is -2.16. The van der Waals surface area contributed by atoms with E-state index in [1.165, 1.54) is 6.33 Å². The van der Waals surface area contributed by atoms with Crippen LogP contribution in [-0.2, 0) is 29.3 Å². The lowest BCUT2D eigenvalue weighted by atomic mass is 10.1. The van der Waals surface area contributed by atoms with Crippen molar-refractivity contribution in [1.82, 2.24) is 19.9 Å². The van der Waals surface area contributed by atoms with Crippen LogP contribution in [0.1, 0.15) is 23.5 Å². The number of aryl methyl sites for hydroxylation is 3. The Kier molecular flexibility index (Phi) is 7.08. The van der Waals surface area contributed by atoms with Crippen molar-refractivity contribution in [1.29, 1.82) is 0 Å². The third-order valence-electron chi connectivity index (χ3n) is 4.02. The molecule has 0 saturated carbocycles. The summed E-state index contributed by atoms with van der Waals surface area (Å²) in [7, 11) is -3.42. The fraction of sp³-hybridized carbons (Fsp3) is 0.263. The van der Waals surface area contributed by atoms with Crippen LogP contribution in [0.5, 0.6) is 11.6 Å². The molecule has 29 heavy (non-hydrogen) atoms. The monoisotopic (exact) mass is 433 g/mol. The third-order valence-corrected chi connectivity index (χ3v) is 5.07. The van der Waals surface area contributed by atoms with Gasteiger partial charge in [-0.3, -0.25) is 0 Å². The highest BCUT2D eigenvalue weighted by molar-refractivity contribution is 7.89. The van der Waals surface area contributed by atoms with E-state index in [2.05, 4.69) is 19.9 Å². The molecule has 3 rings (SSSR count). The highest BCUT2D eigenvalue weighted by Crippen LogP contribution is 2.21. The highest BCUT2D eigenvalue weighted by Gasteiger charge is 2.06. The molecule has 0 fully saturated rings. The summed E-state index contributed by atoms with van der Waals surface area (Å²) < 4.78 is 27.7. The lowest BCUT2D eigenvalue weighted by Gasteiger charge is -2.07. The first-order valence-corrected chi connectivity index (χ1v) is 11.0. The minimum atomic E-state index is -3.42. The molecule has 2 aromatic heterocycles. The van der Waals surface area contributed by atoms with Gasteiger partial charge in [-0.25, -0.2) is 33.5 Å². The van der Waals surface area contributed by atoms with Gasteiger partial charge < -0.3 is 4.74 Å². The molecule has 0 bridgehead atoms. The first-order chi connectivity index (χ1) is 13.9. The second-order valence-electron chi connectivity index (χ2n) is 6.38. The Morgan fingerprint density at radius 1 is 0.966 bits per heavy atom. The molecule has 152 valence electrons. The average molecular weight is 434 g/mol. The van der Waals surface area contributed by atoms with Gasteiger partial charge in [0.05, 0.1) is 10.8 Å². The minimum absolute atomic E-state index is 0.0317. The van der Waals surface area contributed by atoms with Gasteiger partial charge in [0.1, 0.15) is 17.9 Å². The number of sulfonamides is 1. The molecular weight excluding hydrogens is 414 g/mol. The van der Waals surface area contributed by atoms with E-state index >= 15 is 0 Å². The molecule has 1 aromatic carbocycles. The molecule has 0 aliphatic heterocycles. The molecule has 0 spiro atoms. The first-order valence-electron chi connectivity index (χ1n) is 8.92. The van der Waals surface area contributed by atoms with Crippen molar-refractivity contribution in [3.63, 3.8) is 0 Å². The Labute approximate surface area is 174 Å². The van der Waals surface area contributed by atoms with E-state index in [0.717, 1.165) is 11.3 Å². The van der Waals surface area contributed by atoms with Gasteiger partial charge in [0.15, 0.2) is 0 Å².